The normalized spacial score (nSPS) is 25.9. The number of alkyl halides is 3. The number of hydrogen-bond donors (Lipinski definition) is 0. The molecule has 7 heteroatoms. The molecule has 0 bridgehead atoms. The molecule has 0 aromatic carbocycles. The van der Waals surface area contributed by atoms with Crippen LogP contribution < -0.4 is 0 Å². The van der Waals surface area contributed by atoms with Crippen molar-refractivity contribution in [3.8, 4) is 0 Å². The van der Waals surface area contributed by atoms with Crippen molar-refractivity contribution in [2.24, 2.45) is 0 Å². The molecule has 1 spiro atoms. The van der Waals surface area contributed by atoms with Crippen LogP contribution in [0.5, 0.6) is 0 Å². The summed E-state index contributed by atoms with van der Waals surface area (Å²) in [4.78, 5) is 0. The number of halogens is 3. The maximum atomic E-state index is 13.3. The summed E-state index contributed by atoms with van der Waals surface area (Å²) < 4.78 is 60.5. The van der Waals surface area contributed by atoms with Gasteiger partial charge in [-0.25, -0.2) is 0 Å². The van der Waals surface area contributed by atoms with E-state index in [4.69, 9.17) is 18.9 Å². The lowest BCUT2D eigenvalue weighted by Crippen LogP contribution is -2.54. The molecule has 1 heterocycles. The fourth-order valence-corrected chi connectivity index (χ4v) is 2.65. The van der Waals surface area contributed by atoms with E-state index in [9.17, 15) is 13.2 Å². The Morgan fingerprint density at radius 3 is 2.05 bits per heavy atom. The highest BCUT2D eigenvalue weighted by Gasteiger charge is 2.60. The summed E-state index contributed by atoms with van der Waals surface area (Å²) >= 11 is 0. The van der Waals surface area contributed by atoms with Crippen LogP contribution in [-0.2, 0) is 18.9 Å². The van der Waals surface area contributed by atoms with Crippen molar-refractivity contribution in [3.05, 3.63) is 0 Å². The van der Waals surface area contributed by atoms with Crippen LogP contribution in [0.4, 0.5) is 13.2 Å². The summed E-state index contributed by atoms with van der Waals surface area (Å²) in [6, 6.07) is 0. The third-order valence-corrected chi connectivity index (χ3v) is 3.82. The van der Waals surface area contributed by atoms with E-state index >= 15 is 0 Å². The molecule has 2 aliphatic rings. The number of methoxy groups -OCH3 is 1. The maximum Gasteiger partial charge on any atom is 0.417 e. The monoisotopic (exact) mass is 284 g/mol. The molecule has 0 aromatic rings. The van der Waals surface area contributed by atoms with Gasteiger partial charge in [-0.2, -0.15) is 13.2 Å². The van der Waals surface area contributed by atoms with Crippen LogP contribution in [0, 0.1) is 0 Å². The van der Waals surface area contributed by atoms with Crippen LogP contribution in [0.3, 0.4) is 0 Å². The molecule has 0 atom stereocenters. The van der Waals surface area contributed by atoms with Crippen LogP contribution >= 0.6 is 0 Å². The van der Waals surface area contributed by atoms with Crippen molar-refractivity contribution >= 4 is 0 Å². The van der Waals surface area contributed by atoms with Gasteiger partial charge in [-0.05, 0) is 12.8 Å². The molecule has 1 saturated carbocycles. The second kappa shape index (κ2) is 5.55. The Morgan fingerprint density at radius 2 is 1.58 bits per heavy atom. The molecule has 112 valence electrons. The first-order valence-corrected chi connectivity index (χ1v) is 6.41. The Bertz CT molecular complexity index is 290. The molecular formula is C12H19F3O4. The molecule has 0 amide bonds. The summed E-state index contributed by atoms with van der Waals surface area (Å²) in [5.41, 5.74) is -2.09. The van der Waals surface area contributed by atoms with E-state index in [2.05, 4.69) is 0 Å². The maximum absolute atomic E-state index is 13.3. The Morgan fingerprint density at radius 1 is 1.00 bits per heavy atom. The van der Waals surface area contributed by atoms with E-state index in [1.807, 2.05) is 0 Å². The highest BCUT2D eigenvalue weighted by atomic mass is 19.4. The van der Waals surface area contributed by atoms with Gasteiger partial charge < -0.3 is 18.9 Å². The van der Waals surface area contributed by atoms with Gasteiger partial charge >= 0.3 is 6.18 Å². The highest BCUT2D eigenvalue weighted by molar-refractivity contribution is 4.97. The van der Waals surface area contributed by atoms with E-state index < -0.39 is 17.6 Å². The summed E-state index contributed by atoms with van der Waals surface area (Å²) in [5, 5.41) is 0. The Kier molecular flexibility index (Phi) is 4.39. The van der Waals surface area contributed by atoms with E-state index in [1.54, 1.807) is 0 Å². The quantitative estimate of drug-likeness (QED) is 0.742. The predicted molar refractivity (Wildman–Crippen MR) is 59.7 cm³/mol. The fraction of sp³-hybridized carbons (Fsp3) is 1.00. The van der Waals surface area contributed by atoms with Crippen LogP contribution in [0.2, 0.25) is 0 Å². The van der Waals surface area contributed by atoms with Crippen molar-refractivity contribution in [3.63, 3.8) is 0 Å². The lowest BCUT2D eigenvalue weighted by Gasteiger charge is -2.44. The van der Waals surface area contributed by atoms with Crippen molar-refractivity contribution in [2.75, 3.05) is 33.5 Å². The van der Waals surface area contributed by atoms with Crippen molar-refractivity contribution in [1.29, 1.82) is 0 Å². The first-order valence-electron chi connectivity index (χ1n) is 6.41. The second-order valence-electron chi connectivity index (χ2n) is 4.94. The van der Waals surface area contributed by atoms with E-state index in [0.717, 1.165) is 0 Å². The van der Waals surface area contributed by atoms with E-state index in [-0.39, 0.29) is 38.9 Å². The number of hydrogen-bond acceptors (Lipinski definition) is 4. The molecule has 0 N–H and O–H groups in total. The molecule has 1 aliphatic heterocycles. The van der Waals surface area contributed by atoms with Crippen molar-refractivity contribution in [1.82, 2.24) is 0 Å². The van der Waals surface area contributed by atoms with Gasteiger partial charge in [0.05, 0.1) is 26.4 Å². The topological polar surface area (TPSA) is 36.9 Å². The van der Waals surface area contributed by atoms with Gasteiger partial charge in [0, 0.05) is 20.0 Å². The molecule has 19 heavy (non-hydrogen) atoms. The van der Waals surface area contributed by atoms with Crippen LogP contribution in [0.1, 0.15) is 25.7 Å². The highest BCUT2D eigenvalue weighted by Crippen LogP contribution is 2.49. The summed E-state index contributed by atoms with van der Waals surface area (Å²) in [6.45, 7) is 0.980. The smallest absolute Gasteiger partial charge is 0.382 e. The minimum Gasteiger partial charge on any atom is -0.382 e. The zero-order valence-electron chi connectivity index (χ0n) is 10.9. The molecule has 1 saturated heterocycles. The molecule has 2 fully saturated rings. The van der Waals surface area contributed by atoms with Crippen LogP contribution in [0.15, 0.2) is 0 Å². The first-order chi connectivity index (χ1) is 8.93. The van der Waals surface area contributed by atoms with E-state index in [1.165, 1.54) is 7.11 Å². The van der Waals surface area contributed by atoms with Gasteiger partial charge in [0.1, 0.15) is 0 Å². The average molecular weight is 284 g/mol. The van der Waals surface area contributed by atoms with Crippen molar-refractivity contribution < 1.29 is 32.1 Å². The summed E-state index contributed by atoms with van der Waals surface area (Å²) in [5.74, 6) is -0.820. The minimum absolute atomic E-state index is 0.0648. The largest absolute Gasteiger partial charge is 0.417 e. The SMILES string of the molecule is COCCOC1(C(F)(F)F)CCC2(CC1)OCCO2. The third-order valence-electron chi connectivity index (χ3n) is 3.82. The fourth-order valence-electron chi connectivity index (χ4n) is 2.65. The van der Waals surface area contributed by atoms with Gasteiger partial charge in [-0.3, -0.25) is 0 Å². The lowest BCUT2D eigenvalue weighted by atomic mass is 9.80. The van der Waals surface area contributed by atoms with Gasteiger partial charge in [0.2, 0.25) is 0 Å². The molecule has 2 rings (SSSR count). The standard InChI is InChI=1S/C12H19F3O4/c1-16-6-7-17-10(12(13,14)15)2-4-11(5-3-10)18-8-9-19-11/h2-9H2,1H3. The average Bonchev–Trinajstić information content (AvgIpc) is 2.80. The molecule has 4 nitrogen and oxygen atoms in total. The molecule has 0 unspecified atom stereocenters. The van der Waals surface area contributed by atoms with Gasteiger partial charge in [0.15, 0.2) is 11.4 Å². The molecular weight excluding hydrogens is 265 g/mol. The van der Waals surface area contributed by atoms with Crippen LogP contribution in [0.25, 0.3) is 0 Å². The molecule has 0 radical (unpaired) electrons. The molecule has 0 aromatic heterocycles. The lowest BCUT2D eigenvalue weighted by molar-refractivity contribution is -0.311. The van der Waals surface area contributed by atoms with Crippen LogP contribution in [-0.4, -0.2) is 51.1 Å². The van der Waals surface area contributed by atoms with Gasteiger partial charge in [-0.1, -0.05) is 0 Å². The first kappa shape index (κ1) is 15.0. The minimum atomic E-state index is -4.39. The van der Waals surface area contributed by atoms with E-state index in [0.29, 0.717) is 13.2 Å². The third kappa shape index (κ3) is 3.04. The zero-order valence-corrected chi connectivity index (χ0v) is 10.9. The Labute approximate surface area is 110 Å². The zero-order chi connectivity index (χ0) is 14.0. The Hall–Kier alpha value is -0.370. The predicted octanol–water partition coefficient (Wildman–Crippen LogP) is 2.27. The Balaban J connectivity index is 2.01. The van der Waals surface area contributed by atoms with Gasteiger partial charge in [-0.15, -0.1) is 0 Å². The number of rotatable bonds is 4. The number of ether oxygens (including phenoxy) is 4. The van der Waals surface area contributed by atoms with Gasteiger partial charge in [0.25, 0.3) is 0 Å². The summed E-state index contributed by atoms with van der Waals surface area (Å²) in [6.07, 6.45) is -4.25. The summed E-state index contributed by atoms with van der Waals surface area (Å²) in [7, 11) is 1.43. The van der Waals surface area contributed by atoms with Crippen molar-refractivity contribution in [2.45, 2.75) is 43.2 Å². The molecule has 1 aliphatic carbocycles. The second-order valence-corrected chi connectivity index (χ2v) is 4.94.